The van der Waals surface area contributed by atoms with E-state index in [4.69, 9.17) is 21.1 Å². The predicted molar refractivity (Wildman–Crippen MR) is 107 cm³/mol. The second-order valence-corrected chi connectivity index (χ2v) is 7.50. The molecular formula is C21H19ClFN3O4. The highest BCUT2D eigenvalue weighted by atomic mass is 35.5. The van der Waals surface area contributed by atoms with Crippen LogP contribution >= 0.6 is 11.6 Å². The van der Waals surface area contributed by atoms with Crippen molar-refractivity contribution in [3.8, 4) is 5.75 Å². The number of ketones is 2. The number of nitrogens with one attached hydrogen (secondary N) is 1. The molecule has 0 amide bonds. The fourth-order valence-electron chi connectivity index (χ4n) is 3.29. The van der Waals surface area contributed by atoms with E-state index in [9.17, 15) is 9.59 Å². The molecule has 0 radical (unpaired) electrons. The van der Waals surface area contributed by atoms with Gasteiger partial charge in [-0.15, -0.1) is 0 Å². The topological polar surface area (TPSA) is 86.2 Å². The van der Waals surface area contributed by atoms with Gasteiger partial charge < -0.3 is 14.5 Å². The van der Waals surface area contributed by atoms with Gasteiger partial charge in [0.15, 0.2) is 23.1 Å². The number of carbonyl (C=O) groups is 2. The minimum atomic E-state index is -0.830. The molecule has 1 unspecified atom stereocenters. The molecule has 7 nitrogen and oxygen atoms in total. The molecule has 0 aliphatic carbocycles. The maximum absolute atomic E-state index is 15.0. The number of aromatic nitrogens is 3. The summed E-state index contributed by atoms with van der Waals surface area (Å²) in [7, 11) is 1.76. The number of aryl methyl sites for hydroxylation is 1. The highest BCUT2D eigenvalue weighted by Gasteiger charge is 2.26. The molecule has 1 atom stereocenters. The highest BCUT2D eigenvalue weighted by Crippen LogP contribution is 2.31. The Balaban J connectivity index is 1.55. The Morgan fingerprint density at radius 2 is 2.27 bits per heavy atom. The van der Waals surface area contributed by atoms with E-state index in [1.807, 2.05) is 0 Å². The van der Waals surface area contributed by atoms with Crippen molar-refractivity contribution in [2.75, 3.05) is 13.2 Å². The molecule has 1 saturated heterocycles. The number of Topliss-reactive ketones (excluding diaryl/α,β-unsaturated/α-hetero) is 1. The van der Waals surface area contributed by atoms with Gasteiger partial charge in [0, 0.05) is 37.8 Å². The van der Waals surface area contributed by atoms with Crippen molar-refractivity contribution in [3.05, 3.63) is 70.0 Å². The van der Waals surface area contributed by atoms with Crippen molar-refractivity contribution >= 4 is 23.2 Å². The first-order valence-corrected chi connectivity index (χ1v) is 9.76. The summed E-state index contributed by atoms with van der Waals surface area (Å²) in [4.78, 5) is 28.2. The molecule has 30 heavy (non-hydrogen) atoms. The molecular weight excluding hydrogens is 413 g/mol. The van der Waals surface area contributed by atoms with Gasteiger partial charge in [0.25, 0.3) is 0 Å². The number of ether oxygens (including phenoxy) is 2. The summed E-state index contributed by atoms with van der Waals surface area (Å²) >= 11 is 6.11. The van der Waals surface area contributed by atoms with Crippen LogP contribution < -0.4 is 4.74 Å². The number of nitrogens with zero attached hydrogens (tertiary/aromatic N) is 2. The zero-order valence-corrected chi connectivity index (χ0v) is 16.9. The monoisotopic (exact) mass is 431 g/mol. The summed E-state index contributed by atoms with van der Waals surface area (Å²) in [5.41, 5.74) is 0.832. The van der Waals surface area contributed by atoms with E-state index in [-0.39, 0.29) is 45.9 Å². The molecule has 1 aliphatic heterocycles. The SMILES string of the molecule is Cn1cc(CC(=O)c2cc(C(=O)c3c(Cl)ccc(OC4CCOC4)c3F)c[nH]2)cn1. The molecule has 9 heteroatoms. The molecule has 156 valence electrons. The van der Waals surface area contributed by atoms with Gasteiger partial charge in [-0.05, 0) is 23.8 Å². The smallest absolute Gasteiger partial charge is 0.199 e. The van der Waals surface area contributed by atoms with E-state index in [1.165, 1.54) is 24.4 Å². The van der Waals surface area contributed by atoms with Gasteiger partial charge in [0.05, 0.1) is 35.7 Å². The van der Waals surface area contributed by atoms with Gasteiger partial charge in [0.1, 0.15) is 6.10 Å². The van der Waals surface area contributed by atoms with Crippen LogP contribution in [0, 0.1) is 5.82 Å². The van der Waals surface area contributed by atoms with Gasteiger partial charge in [-0.2, -0.15) is 5.10 Å². The first-order valence-electron chi connectivity index (χ1n) is 9.38. The Labute approximate surface area is 176 Å². The number of aromatic amines is 1. The Morgan fingerprint density at radius 3 is 2.97 bits per heavy atom. The van der Waals surface area contributed by atoms with E-state index >= 15 is 4.39 Å². The molecule has 3 aromatic rings. The fourth-order valence-corrected chi connectivity index (χ4v) is 3.52. The fraction of sp³-hybridized carbons (Fsp3) is 0.286. The van der Waals surface area contributed by atoms with Crippen molar-refractivity contribution in [3.63, 3.8) is 0 Å². The lowest BCUT2D eigenvalue weighted by Crippen LogP contribution is -2.17. The average molecular weight is 432 g/mol. The van der Waals surface area contributed by atoms with E-state index in [0.717, 1.165) is 5.56 Å². The molecule has 3 heterocycles. The van der Waals surface area contributed by atoms with Crippen LogP contribution in [0.2, 0.25) is 5.02 Å². The van der Waals surface area contributed by atoms with Crippen molar-refractivity contribution in [2.45, 2.75) is 18.9 Å². The standard InChI is InChI=1S/C21H19ClFN3O4/c1-26-10-12(8-25-26)6-17(27)16-7-13(9-24-16)21(28)19-15(22)2-3-18(20(19)23)30-14-4-5-29-11-14/h2-3,7-10,14,24H,4-6,11H2,1H3. The number of carbonyl (C=O) groups excluding carboxylic acids is 2. The zero-order chi connectivity index (χ0) is 21.3. The van der Waals surface area contributed by atoms with Crippen LogP contribution in [0.1, 0.15) is 38.4 Å². The third-order valence-corrected chi connectivity index (χ3v) is 5.15. The van der Waals surface area contributed by atoms with Crippen molar-refractivity contribution < 1.29 is 23.5 Å². The van der Waals surface area contributed by atoms with E-state index in [2.05, 4.69) is 10.1 Å². The summed E-state index contributed by atoms with van der Waals surface area (Å²) in [6.07, 6.45) is 5.21. The summed E-state index contributed by atoms with van der Waals surface area (Å²) in [5, 5.41) is 3.99. The highest BCUT2D eigenvalue weighted by molar-refractivity contribution is 6.35. The number of hydrogen-bond donors (Lipinski definition) is 1. The number of benzene rings is 1. The summed E-state index contributed by atoms with van der Waals surface area (Å²) in [5.74, 6) is -1.74. The van der Waals surface area contributed by atoms with Crippen molar-refractivity contribution in [1.29, 1.82) is 0 Å². The Morgan fingerprint density at radius 1 is 1.43 bits per heavy atom. The molecule has 1 aromatic carbocycles. The minimum absolute atomic E-state index is 0.0306. The number of halogens is 2. The van der Waals surface area contributed by atoms with Gasteiger partial charge in [-0.1, -0.05) is 11.6 Å². The lowest BCUT2D eigenvalue weighted by Gasteiger charge is -2.14. The molecule has 1 N–H and O–H groups in total. The lowest BCUT2D eigenvalue weighted by atomic mass is 10.0. The van der Waals surface area contributed by atoms with Gasteiger partial charge in [-0.3, -0.25) is 14.3 Å². The second-order valence-electron chi connectivity index (χ2n) is 7.09. The zero-order valence-electron chi connectivity index (χ0n) is 16.2. The van der Waals surface area contributed by atoms with Crippen LogP contribution in [0.15, 0.2) is 36.8 Å². The van der Waals surface area contributed by atoms with Crippen LogP contribution in [0.4, 0.5) is 4.39 Å². The van der Waals surface area contributed by atoms with Crippen LogP contribution in [0.25, 0.3) is 0 Å². The molecule has 4 rings (SSSR count). The van der Waals surface area contributed by atoms with Crippen LogP contribution in [-0.2, 0) is 18.2 Å². The molecule has 1 fully saturated rings. The first-order chi connectivity index (χ1) is 14.4. The molecule has 0 bridgehead atoms. The summed E-state index contributed by atoms with van der Waals surface area (Å²) < 4.78 is 27.5. The number of rotatable bonds is 7. The predicted octanol–water partition coefficient (Wildman–Crippen LogP) is 3.36. The summed E-state index contributed by atoms with van der Waals surface area (Å²) in [6.45, 7) is 0.913. The van der Waals surface area contributed by atoms with E-state index in [1.54, 1.807) is 24.1 Å². The molecule has 1 aliphatic rings. The normalized spacial score (nSPS) is 16.0. The van der Waals surface area contributed by atoms with Crippen molar-refractivity contribution in [2.24, 2.45) is 7.05 Å². The summed E-state index contributed by atoms with van der Waals surface area (Å²) in [6, 6.07) is 4.21. The Bertz CT molecular complexity index is 1100. The van der Waals surface area contributed by atoms with Crippen LogP contribution in [0.5, 0.6) is 5.75 Å². The van der Waals surface area contributed by atoms with Crippen LogP contribution in [0.3, 0.4) is 0 Å². The molecule has 0 spiro atoms. The second kappa shape index (κ2) is 8.41. The van der Waals surface area contributed by atoms with Gasteiger partial charge in [0.2, 0.25) is 0 Å². The van der Waals surface area contributed by atoms with Crippen LogP contribution in [-0.4, -0.2) is 45.6 Å². The molecule has 2 aromatic heterocycles. The quantitative estimate of drug-likeness (QED) is 0.580. The van der Waals surface area contributed by atoms with Gasteiger partial charge in [-0.25, -0.2) is 4.39 Å². The minimum Gasteiger partial charge on any atom is -0.485 e. The third kappa shape index (κ3) is 4.15. The van der Waals surface area contributed by atoms with E-state index < -0.39 is 11.6 Å². The van der Waals surface area contributed by atoms with E-state index in [0.29, 0.717) is 19.6 Å². The van der Waals surface area contributed by atoms with Crippen molar-refractivity contribution in [1.82, 2.24) is 14.8 Å². The number of H-pyrrole nitrogens is 1. The molecule has 0 saturated carbocycles. The Kier molecular flexibility index (Phi) is 5.69. The largest absolute Gasteiger partial charge is 0.485 e. The van der Waals surface area contributed by atoms with Gasteiger partial charge >= 0.3 is 0 Å². The Hall–Kier alpha value is -2.97. The maximum Gasteiger partial charge on any atom is 0.199 e. The average Bonchev–Trinajstić information content (AvgIpc) is 3.46. The lowest BCUT2D eigenvalue weighted by molar-refractivity contribution is 0.0988. The first kappa shape index (κ1) is 20.3. The third-order valence-electron chi connectivity index (χ3n) is 4.83. The maximum atomic E-state index is 15.0. The number of hydrogen-bond acceptors (Lipinski definition) is 5.